The van der Waals surface area contributed by atoms with Crippen molar-refractivity contribution in [3.05, 3.63) is 29.3 Å². The maximum absolute atomic E-state index is 11.9. The van der Waals surface area contributed by atoms with Crippen molar-refractivity contribution in [1.82, 2.24) is 5.32 Å². The summed E-state index contributed by atoms with van der Waals surface area (Å²) < 4.78 is 0. The molecule has 0 saturated carbocycles. The first-order chi connectivity index (χ1) is 8.27. The molecule has 1 aromatic carbocycles. The Labute approximate surface area is 106 Å². The van der Waals surface area contributed by atoms with E-state index in [4.69, 9.17) is 5.11 Å². The van der Waals surface area contributed by atoms with Gasteiger partial charge >= 0.3 is 5.97 Å². The van der Waals surface area contributed by atoms with Crippen LogP contribution >= 0.6 is 0 Å². The molecule has 1 rings (SSSR count). The Morgan fingerprint density at radius 2 is 1.89 bits per heavy atom. The molecule has 0 aliphatic heterocycles. The summed E-state index contributed by atoms with van der Waals surface area (Å²) >= 11 is 0. The summed E-state index contributed by atoms with van der Waals surface area (Å²) in [5.41, 5.74) is 0.758. The highest BCUT2D eigenvalue weighted by Gasteiger charge is 2.25. The maximum Gasteiger partial charge on any atom is 0.335 e. The topological polar surface area (TPSA) is 78.4 Å². The summed E-state index contributed by atoms with van der Waals surface area (Å²) in [4.78, 5) is 22.8. The molecule has 1 aromatic rings. The summed E-state index contributed by atoms with van der Waals surface area (Å²) in [6.45, 7) is 5.23. The van der Waals surface area contributed by atoms with Crippen molar-refractivity contribution in [2.45, 2.75) is 26.3 Å². The zero-order chi connectivity index (χ0) is 13.9. The number of amides is 1. The van der Waals surface area contributed by atoms with Crippen molar-refractivity contribution >= 4 is 17.6 Å². The molecule has 0 bridgehead atoms. The number of rotatable bonds is 4. The van der Waals surface area contributed by atoms with Crippen LogP contribution in [0, 0.1) is 6.92 Å². The molecule has 0 saturated heterocycles. The Morgan fingerprint density at radius 1 is 1.28 bits per heavy atom. The number of benzene rings is 1. The van der Waals surface area contributed by atoms with Crippen LogP contribution in [0.5, 0.6) is 0 Å². The van der Waals surface area contributed by atoms with Crippen LogP contribution in [0.15, 0.2) is 18.2 Å². The predicted octanol–water partition coefficient (Wildman–Crippen LogP) is 1.63. The van der Waals surface area contributed by atoms with Gasteiger partial charge in [0.05, 0.1) is 11.1 Å². The summed E-state index contributed by atoms with van der Waals surface area (Å²) in [7, 11) is 1.71. The number of carbonyl (C=O) groups excluding carboxylic acids is 1. The third-order valence-corrected chi connectivity index (χ3v) is 2.91. The Balaban J connectivity index is 2.91. The molecule has 0 unspecified atom stereocenters. The van der Waals surface area contributed by atoms with Gasteiger partial charge in [0.1, 0.15) is 0 Å². The number of carboxylic acid groups (broad SMARTS) is 1. The Kier molecular flexibility index (Phi) is 4.08. The molecule has 1 amide bonds. The highest BCUT2D eigenvalue weighted by molar-refractivity contribution is 5.98. The lowest BCUT2D eigenvalue weighted by Gasteiger charge is -2.22. The highest BCUT2D eigenvalue weighted by atomic mass is 16.4. The van der Waals surface area contributed by atoms with E-state index >= 15 is 0 Å². The Hall–Kier alpha value is -1.88. The van der Waals surface area contributed by atoms with Gasteiger partial charge in [0, 0.05) is 5.69 Å². The Morgan fingerprint density at radius 3 is 2.33 bits per heavy atom. The van der Waals surface area contributed by atoms with Gasteiger partial charge in [-0.1, -0.05) is 0 Å². The largest absolute Gasteiger partial charge is 0.478 e. The molecule has 0 heterocycles. The van der Waals surface area contributed by atoms with Gasteiger partial charge < -0.3 is 15.7 Å². The minimum atomic E-state index is -0.971. The van der Waals surface area contributed by atoms with E-state index in [1.165, 1.54) is 6.07 Å². The van der Waals surface area contributed by atoms with Gasteiger partial charge in [0.15, 0.2) is 0 Å². The quantitative estimate of drug-likeness (QED) is 0.759. The number of nitrogens with one attached hydrogen (secondary N) is 2. The van der Waals surface area contributed by atoms with Crippen molar-refractivity contribution < 1.29 is 14.7 Å². The number of hydrogen-bond donors (Lipinski definition) is 3. The average Bonchev–Trinajstić information content (AvgIpc) is 2.28. The summed E-state index contributed by atoms with van der Waals surface area (Å²) in [6.07, 6.45) is 0. The van der Waals surface area contributed by atoms with Crippen LogP contribution in [-0.2, 0) is 4.79 Å². The van der Waals surface area contributed by atoms with E-state index in [9.17, 15) is 9.59 Å². The van der Waals surface area contributed by atoms with Crippen molar-refractivity contribution in [3.63, 3.8) is 0 Å². The number of carbonyl (C=O) groups is 2. The van der Waals surface area contributed by atoms with Gasteiger partial charge in [-0.3, -0.25) is 4.79 Å². The summed E-state index contributed by atoms with van der Waals surface area (Å²) in [6, 6.07) is 4.72. The van der Waals surface area contributed by atoms with E-state index in [1.54, 1.807) is 40.0 Å². The smallest absolute Gasteiger partial charge is 0.335 e. The molecule has 0 spiro atoms. The molecule has 18 heavy (non-hydrogen) atoms. The molecule has 0 atom stereocenters. The van der Waals surface area contributed by atoms with Gasteiger partial charge in [-0.15, -0.1) is 0 Å². The molecule has 5 heteroatoms. The van der Waals surface area contributed by atoms with Crippen LogP contribution in [0.3, 0.4) is 0 Å². The lowest BCUT2D eigenvalue weighted by molar-refractivity contribution is -0.121. The second-order valence-electron chi connectivity index (χ2n) is 4.66. The molecule has 0 radical (unpaired) electrons. The summed E-state index contributed by atoms with van der Waals surface area (Å²) in [5.74, 6) is -1.14. The predicted molar refractivity (Wildman–Crippen MR) is 69.9 cm³/mol. The SMILES string of the molecule is CNC(C)(C)C(=O)Nc1ccc(C(=O)O)c(C)c1. The second-order valence-corrected chi connectivity index (χ2v) is 4.66. The molecular formula is C13H18N2O3. The Bertz CT molecular complexity index is 481. The third-order valence-electron chi connectivity index (χ3n) is 2.91. The normalized spacial score (nSPS) is 11.1. The highest BCUT2D eigenvalue weighted by Crippen LogP contribution is 2.16. The number of likely N-dealkylation sites (N-methyl/N-ethyl adjacent to an activating group) is 1. The first kappa shape index (κ1) is 14.2. The molecule has 3 N–H and O–H groups in total. The van der Waals surface area contributed by atoms with E-state index in [0.717, 1.165) is 0 Å². The van der Waals surface area contributed by atoms with E-state index in [2.05, 4.69) is 10.6 Å². The average molecular weight is 250 g/mol. The lowest BCUT2D eigenvalue weighted by atomic mass is 10.0. The number of carboxylic acids is 1. The van der Waals surface area contributed by atoms with Crippen molar-refractivity contribution in [2.75, 3.05) is 12.4 Å². The second kappa shape index (κ2) is 5.18. The maximum atomic E-state index is 11.9. The van der Waals surface area contributed by atoms with Gasteiger partial charge in [0.2, 0.25) is 5.91 Å². The molecule has 0 aliphatic carbocycles. The van der Waals surface area contributed by atoms with E-state index in [1.807, 2.05) is 0 Å². The fourth-order valence-electron chi connectivity index (χ4n) is 1.38. The van der Waals surface area contributed by atoms with E-state index < -0.39 is 11.5 Å². The zero-order valence-corrected chi connectivity index (χ0v) is 11.0. The van der Waals surface area contributed by atoms with Crippen LogP contribution < -0.4 is 10.6 Å². The minimum Gasteiger partial charge on any atom is -0.478 e. The molecule has 0 aromatic heterocycles. The minimum absolute atomic E-state index is 0.174. The monoisotopic (exact) mass is 250 g/mol. The van der Waals surface area contributed by atoms with Crippen LogP contribution in [0.25, 0.3) is 0 Å². The van der Waals surface area contributed by atoms with E-state index in [0.29, 0.717) is 11.3 Å². The number of aryl methyl sites for hydroxylation is 1. The van der Waals surface area contributed by atoms with Crippen molar-refractivity contribution in [1.29, 1.82) is 0 Å². The first-order valence-corrected chi connectivity index (χ1v) is 5.62. The van der Waals surface area contributed by atoms with Crippen LogP contribution in [0.2, 0.25) is 0 Å². The fourth-order valence-corrected chi connectivity index (χ4v) is 1.38. The van der Waals surface area contributed by atoms with Crippen molar-refractivity contribution in [2.24, 2.45) is 0 Å². The number of anilines is 1. The molecule has 98 valence electrons. The van der Waals surface area contributed by atoms with Gasteiger partial charge in [-0.05, 0) is 51.6 Å². The standard InChI is InChI=1S/C13H18N2O3/c1-8-7-9(5-6-10(8)11(16)17)15-12(18)13(2,3)14-4/h5-7,14H,1-4H3,(H,15,18)(H,16,17). The molecule has 0 fully saturated rings. The van der Waals surface area contributed by atoms with E-state index in [-0.39, 0.29) is 11.5 Å². The zero-order valence-electron chi connectivity index (χ0n) is 11.0. The van der Waals surface area contributed by atoms with Crippen LogP contribution in [0.1, 0.15) is 29.8 Å². The first-order valence-electron chi connectivity index (χ1n) is 5.62. The summed E-state index contributed by atoms with van der Waals surface area (Å²) in [5, 5.41) is 14.6. The van der Waals surface area contributed by atoms with Gasteiger partial charge in [-0.25, -0.2) is 4.79 Å². The molecule has 0 aliphatic rings. The lowest BCUT2D eigenvalue weighted by Crippen LogP contribution is -2.47. The van der Waals surface area contributed by atoms with Crippen LogP contribution in [0.4, 0.5) is 5.69 Å². The van der Waals surface area contributed by atoms with Crippen LogP contribution in [-0.4, -0.2) is 29.6 Å². The molecular weight excluding hydrogens is 232 g/mol. The third kappa shape index (κ3) is 3.07. The van der Waals surface area contributed by atoms with Crippen molar-refractivity contribution in [3.8, 4) is 0 Å². The number of aromatic carboxylic acids is 1. The van der Waals surface area contributed by atoms with Gasteiger partial charge in [-0.2, -0.15) is 0 Å². The molecule has 5 nitrogen and oxygen atoms in total. The number of hydrogen-bond acceptors (Lipinski definition) is 3. The van der Waals surface area contributed by atoms with Gasteiger partial charge in [0.25, 0.3) is 0 Å². The fraction of sp³-hybridized carbons (Fsp3) is 0.385.